The fourth-order valence-electron chi connectivity index (χ4n) is 3.16. The Bertz CT molecular complexity index is 933. The van der Waals surface area contributed by atoms with Gasteiger partial charge in [0.05, 0.1) is 11.1 Å². The molecule has 28 heavy (non-hydrogen) atoms. The van der Waals surface area contributed by atoms with Crippen LogP contribution < -0.4 is 10.6 Å². The van der Waals surface area contributed by atoms with Crippen LogP contribution in [0.2, 0.25) is 0 Å². The minimum absolute atomic E-state index is 0.0429. The van der Waals surface area contributed by atoms with Crippen molar-refractivity contribution in [1.29, 1.82) is 0 Å². The van der Waals surface area contributed by atoms with E-state index in [0.717, 1.165) is 47.0 Å². The highest BCUT2D eigenvalue weighted by molar-refractivity contribution is 7.17. The molecular formula is C17H17F3N4O3S. The molecule has 2 aromatic rings. The average molecular weight is 414 g/mol. The molecule has 1 aliphatic rings. The first-order valence-corrected chi connectivity index (χ1v) is 9.32. The molecule has 0 saturated heterocycles. The molecule has 7 nitrogen and oxygen atoms in total. The SMILES string of the molecule is CNC(=O)c1c(NC(=O)Cn2cc(C=O)c(C(F)(F)F)n2)sc2c1CCCC2. The summed E-state index contributed by atoms with van der Waals surface area (Å²) in [5, 5.41) is 8.82. The Morgan fingerprint density at radius 3 is 2.64 bits per heavy atom. The van der Waals surface area contributed by atoms with E-state index in [1.54, 1.807) is 0 Å². The number of rotatable bonds is 5. The molecule has 2 heterocycles. The van der Waals surface area contributed by atoms with Gasteiger partial charge in [-0.3, -0.25) is 19.1 Å². The zero-order chi connectivity index (χ0) is 20.5. The lowest BCUT2D eigenvalue weighted by Gasteiger charge is -2.12. The molecule has 2 N–H and O–H groups in total. The first-order valence-electron chi connectivity index (χ1n) is 8.51. The third-order valence-electron chi connectivity index (χ3n) is 4.37. The van der Waals surface area contributed by atoms with Gasteiger partial charge in [-0.1, -0.05) is 0 Å². The second-order valence-electron chi connectivity index (χ2n) is 6.29. The van der Waals surface area contributed by atoms with E-state index in [1.165, 1.54) is 18.4 Å². The van der Waals surface area contributed by atoms with Crippen LogP contribution in [-0.4, -0.2) is 34.9 Å². The maximum Gasteiger partial charge on any atom is 0.435 e. The number of amides is 2. The summed E-state index contributed by atoms with van der Waals surface area (Å²) in [5.74, 6) is -0.964. The van der Waals surface area contributed by atoms with Crippen LogP contribution >= 0.6 is 11.3 Å². The van der Waals surface area contributed by atoms with Crippen molar-refractivity contribution in [2.75, 3.05) is 12.4 Å². The maximum absolute atomic E-state index is 12.9. The standard InChI is InChI=1S/C17H17F3N4O3S/c1-21-15(27)13-10-4-2-3-5-11(10)28-16(13)22-12(26)7-24-6-9(8-25)14(23-24)17(18,19)20/h6,8H,2-5,7H2,1H3,(H,21,27)(H,22,26). The predicted octanol–water partition coefficient (Wildman–Crippen LogP) is 2.65. The Hall–Kier alpha value is -2.69. The van der Waals surface area contributed by atoms with Gasteiger partial charge in [-0.05, 0) is 31.2 Å². The number of nitrogens with one attached hydrogen (secondary N) is 2. The molecule has 2 amide bonds. The first-order chi connectivity index (χ1) is 13.2. The highest BCUT2D eigenvalue weighted by Crippen LogP contribution is 2.38. The lowest BCUT2D eigenvalue weighted by Crippen LogP contribution is -2.24. The number of alkyl halides is 3. The van der Waals surface area contributed by atoms with E-state index in [-0.39, 0.29) is 12.2 Å². The smallest absolute Gasteiger partial charge is 0.355 e. The Morgan fingerprint density at radius 2 is 2.04 bits per heavy atom. The van der Waals surface area contributed by atoms with Crippen LogP contribution in [0.15, 0.2) is 6.20 Å². The number of carbonyl (C=O) groups is 3. The Morgan fingerprint density at radius 1 is 1.32 bits per heavy atom. The van der Waals surface area contributed by atoms with Gasteiger partial charge in [0.15, 0.2) is 12.0 Å². The van der Waals surface area contributed by atoms with E-state index in [1.807, 2.05) is 0 Å². The minimum atomic E-state index is -4.79. The van der Waals surface area contributed by atoms with Crippen LogP contribution in [0.5, 0.6) is 0 Å². The minimum Gasteiger partial charge on any atom is -0.355 e. The fraction of sp³-hybridized carbons (Fsp3) is 0.412. The second-order valence-corrected chi connectivity index (χ2v) is 7.39. The summed E-state index contributed by atoms with van der Waals surface area (Å²) in [5.41, 5.74) is -0.668. The molecule has 3 rings (SSSR count). The molecule has 0 bridgehead atoms. The lowest BCUT2D eigenvalue weighted by atomic mass is 9.95. The van der Waals surface area contributed by atoms with Crippen LogP contribution in [-0.2, 0) is 30.4 Å². The molecule has 0 spiro atoms. The third kappa shape index (κ3) is 3.93. The van der Waals surface area contributed by atoms with Gasteiger partial charge in [0, 0.05) is 18.1 Å². The van der Waals surface area contributed by atoms with E-state index >= 15 is 0 Å². The molecule has 0 saturated carbocycles. The number of carbonyl (C=O) groups excluding carboxylic acids is 3. The van der Waals surface area contributed by atoms with Gasteiger partial charge >= 0.3 is 6.18 Å². The molecule has 1 aliphatic carbocycles. The molecule has 0 radical (unpaired) electrons. The molecule has 0 unspecified atom stereocenters. The zero-order valence-corrected chi connectivity index (χ0v) is 15.7. The highest BCUT2D eigenvalue weighted by atomic mass is 32.1. The zero-order valence-electron chi connectivity index (χ0n) is 14.9. The van der Waals surface area contributed by atoms with Crippen LogP contribution in [0.4, 0.5) is 18.2 Å². The predicted molar refractivity (Wildman–Crippen MR) is 95.6 cm³/mol. The number of hydrogen-bond donors (Lipinski definition) is 2. The summed E-state index contributed by atoms with van der Waals surface area (Å²) in [7, 11) is 1.49. The van der Waals surface area contributed by atoms with Gasteiger partial charge in [-0.25, -0.2) is 0 Å². The summed E-state index contributed by atoms with van der Waals surface area (Å²) < 4.78 is 39.4. The number of thiophene rings is 1. The summed E-state index contributed by atoms with van der Waals surface area (Å²) in [6, 6.07) is 0. The Kier molecular flexibility index (Phi) is 5.54. The van der Waals surface area contributed by atoms with Crippen molar-refractivity contribution in [2.45, 2.75) is 38.4 Å². The number of hydrogen-bond acceptors (Lipinski definition) is 5. The van der Waals surface area contributed by atoms with Crippen LogP contribution in [0.1, 0.15) is 49.7 Å². The van der Waals surface area contributed by atoms with E-state index in [4.69, 9.17) is 0 Å². The van der Waals surface area contributed by atoms with Crippen LogP contribution in [0.25, 0.3) is 0 Å². The number of aromatic nitrogens is 2. The topological polar surface area (TPSA) is 93.1 Å². The Balaban J connectivity index is 1.82. The number of nitrogens with zero attached hydrogens (tertiary/aromatic N) is 2. The van der Waals surface area contributed by atoms with E-state index < -0.39 is 29.9 Å². The van der Waals surface area contributed by atoms with Gasteiger partial charge in [0.25, 0.3) is 5.91 Å². The number of aldehydes is 1. The van der Waals surface area contributed by atoms with Gasteiger partial charge in [-0.15, -0.1) is 11.3 Å². The van der Waals surface area contributed by atoms with Crippen molar-refractivity contribution in [2.24, 2.45) is 0 Å². The monoisotopic (exact) mass is 414 g/mol. The third-order valence-corrected chi connectivity index (χ3v) is 5.58. The van der Waals surface area contributed by atoms with Crippen LogP contribution in [0.3, 0.4) is 0 Å². The number of halogens is 3. The molecule has 0 aliphatic heterocycles. The quantitative estimate of drug-likeness (QED) is 0.736. The Labute approximate surface area is 161 Å². The van der Waals surface area contributed by atoms with Crippen molar-refractivity contribution in [3.8, 4) is 0 Å². The molecular weight excluding hydrogens is 397 g/mol. The maximum atomic E-state index is 12.9. The molecule has 0 atom stereocenters. The lowest BCUT2D eigenvalue weighted by molar-refractivity contribution is -0.142. The van der Waals surface area contributed by atoms with Gasteiger partial charge in [0.1, 0.15) is 11.5 Å². The molecule has 11 heteroatoms. The van der Waals surface area contributed by atoms with Crippen molar-refractivity contribution in [3.63, 3.8) is 0 Å². The van der Waals surface area contributed by atoms with Gasteiger partial charge in [-0.2, -0.15) is 18.3 Å². The van der Waals surface area contributed by atoms with Crippen LogP contribution in [0, 0.1) is 0 Å². The van der Waals surface area contributed by atoms with Crippen molar-refractivity contribution in [3.05, 3.63) is 33.5 Å². The summed E-state index contributed by atoms with van der Waals surface area (Å²) in [6.07, 6.45) is -0.385. The average Bonchev–Trinajstić information content (AvgIpc) is 3.21. The molecule has 150 valence electrons. The molecule has 0 fully saturated rings. The van der Waals surface area contributed by atoms with Crippen molar-refractivity contribution < 1.29 is 27.6 Å². The molecule has 0 aromatic carbocycles. The highest BCUT2D eigenvalue weighted by Gasteiger charge is 2.37. The number of fused-ring (bicyclic) bond motifs is 1. The first kappa shape index (κ1) is 20.1. The van der Waals surface area contributed by atoms with Gasteiger partial charge < -0.3 is 10.6 Å². The summed E-state index contributed by atoms with van der Waals surface area (Å²) in [6.45, 7) is -0.521. The normalized spacial score (nSPS) is 13.7. The second kappa shape index (κ2) is 7.74. The van der Waals surface area contributed by atoms with E-state index in [0.29, 0.717) is 10.6 Å². The largest absolute Gasteiger partial charge is 0.435 e. The van der Waals surface area contributed by atoms with E-state index in [2.05, 4.69) is 15.7 Å². The van der Waals surface area contributed by atoms with Gasteiger partial charge in [0.2, 0.25) is 5.91 Å². The summed E-state index contributed by atoms with van der Waals surface area (Å²) in [4.78, 5) is 36.5. The van der Waals surface area contributed by atoms with Crippen molar-refractivity contribution >= 4 is 34.4 Å². The molecule has 2 aromatic heterocycles. The van der Waals surface area contributed by atoms with Crippen molar-refractivity contribution in [1.82, 2.24) is 15.1 Å². The number of anilines is 1. The van der Waals surface area contributed by atoms with E-state index in [9.17, 15) is 27.6 Å². The number of aryl methyl sites for hydroxylation is 1. The summed E-state index contributed by atoms with van der Waals surface area (Å²) >= 11 is 1.30. The fourth-order valence-corrected chi connectivity index (χ4v) is 4.46.